The van der Waals surface area contributed by atoms with Crippen LogP contribution < -0.4 is 0 Å². The standard InChI is InChI=1S/C5H4O3/c6-5(7)4-2-1-3-8-4/h1-3H,(H,6,7)/i/hD. The predicted molar refractivity (Wildman–Crippen MR) is 25.7 cm³/mol. The molecule has 0 bridgehead atoms. The van der Waals surface area contributed by atoms with Crippen molar-refractivity contribution in [1.29, 1.82) is 1.43 Å². The number of hydrogen-bond acceptors (Lipinski definition) is 3. The summed E-state index contributed by atoms with van der Waals surface area (Å²) in [6.45, 7) is 0. The van der Waals surface area contributed by atoms with Crippen molar-refractivity contribution in [2.24, 2.45) is 0 Å². The minimum absolute atomic E-state index is 0.0463. The van der Waals surface area contributed by atoms with Gasteiger partial charge in [0.1, 0.15) is 0 Å². The third-order valence-electron chi connectivity index (χ3n) is 0.722. The van der Waals surface area contributed by atoms with Crippen LogP contribution in [-0.2, 0) is 0 Å². The molecule has 0 radical (unpaired) electrons. The van der Waals surface area contributed by atoms with Crippen molar-refractivity contribution in [2.45, 2.75) is 0 Å². The maximum absolute atomic E-state index is 10.4. The highest BCUT2D eigenvalue weighted by molar-refractivity contribution is 5.84. The molecule has 0 aliphatic heterocycles. The second-order valence-electron chi connectivity index (χ2n) is 1.26. The van der Waals surface area contributed by atoms with E-state index in [1.165, 1.54) is 12.3 Å². The molecular formula is C5H4O3. The Hall–Kier alpha value is -1.25. The van der Waals surface area contributed by atoms with Gasteiger partial charge in [0.15, 0.2) is 0 Å². The molecule has 1 N–H and O–H groups in total. The maximum Gasteiger partial charge on any atom is 0.371 e. The Kier molecular flexibility index (Phi) is 0.787. The summed E-state index contributed by atoms with van der Waals surface area (Å²) in [7, 11) is 0. The minimum atomic E-state index is -0.778. The lowest BCUT2D eigenvalue weighted by Gasteiger charge is -1.79. The van der Waals surface area contributed by atoms with Gasteiger partial charge in [-0.2, -0.15) is 0 Å². The summed E-state index contributed by atoms with van der Waals surface area (Å²) >= 11 is 0. The molecule has 3 nitrogen and oxygen atoms in total. The topological polar surface area (TPSA) is 50.4 Å². The third kappa shape index (κ3) is 0.703. The van der Waals surface area contributed by atoms with Crippen LogP contribution in [0.15, 0.2) is 22.8 Å². The summed E-state index contributed by atoms with van der Waals surface area (Å²) in [6, 6.07) is 2.98. The van der Waals surface area contributed by atoms with Crippen LogP contribution in [0.25, 0.3) is 1.43 Å². The van der Waals surface area contributed by atoms with E-state index < -0.39 is 5.97 Å². The van der Waals surface area contributed by atoms with Crippen molar-refractivity contribution in [3.63, 3.8) is 0 Å². The van der Waals surface area contributed by atoms with Gasteiger partial charge in [-0.05, 0) is 12.1 Å². The highest BCUT2D eigenvalue weighted by Crippen LogP contribution is 1.97. The molecular weight excluding hydrogens is 108 g/mol. The number of rotatable bonds is 1. The Balaban J connectivity index is 2.77. The Morgan fingerprint density at radius 2 is 2.88 bits per heavy atom. The summed E-state index contributed by atoms with van der Waals surface area (Å²) in [4.78, 5) is 10.4. The lowest BCUT2D eigenvalue weighted by atomic mass is 10.5. The predicted octanol–water partition coefficient (Wildman–Crippen LogP) is 0.978. The fourth-order valence-electron chi connectivity index (χ4n) is 0.395. The number of hydrogen-bond donors (Lipinski definition) is 1. The van der Waals surface area contributed by atoms with Gasteiger partial charge in [-0.3, -0.25) is 0 Å². The number of carbonyl (C=O) groups is 1. The number of aromatic carboxylic acids is 1. The first-order chi connectivity index (χ1) is 4.34. The lowest BCUT2D eigenvalue weighted by molar-refractivity contribution is 0.0662. The van der Waals surface area contributed by atoms with Crippen LogP contribution in [0.5, 0.6) is 0 Å². The minimum Gasteiger partial charge on any atom is -0.475 e. The van der Waals surface area contributed by atoms with E-state index in [0.29, 0.717) is 0 Å². The van der Waals surface area contributed by atoms with E-state index in [2.05, 4.69) is 9.53 Å². The normalized spacial score (nSPS) is 10.2. The first-order valence-corrected chi connectivity index (χ1v) is 2.05. The molecule has 3 heteroatoms. The van der Waals surface area contributed by atoms with Crippen LogP contribution in [0, 0.1) is 0 Å². The number of carboxylic acids is 1. The van der Waals surface area contributed by atoms with E-state index in [4.69, 9.17) is 1.43 Å². The fraction of sp³-hybridized carbons (Fsp3) is 0. The van der Waals surface area contributed by atoms with E-state index in [1.54, 1.807) is 6.07 Å². The molecule has 42 valence electrons. The molecule has 1 rings (SSSR count). The lowest BCUT2D eigenvalue weighted by Crippen LogP contribution is -1.90. The molecule has 0 unspecified atom stereocenters. The average Bonchev–Trinajstić information content (AvgIpc) is 2.37. The van der Waals surface area contributed by atoms with Crippen molar-refractivity contribution in [3.8, 4) is 0 Å². The van der Waals surface area contributed by atoms with Gasteiger partial charge in [-0.1, -0.05) is 0 Å². The molecule has 1 aromatic rings. The quantitative estimate of drug-likeness (QED) is 0.590. The molecule has 8 heavy (non-hydrogen) atoms. The van der Waals surface area contributed by atoms with Crippen LogP contribution >= 0.6 is 0 Å². The Morgan fingerprint density at radius 1 is 2.00 bits per heavy atom. The monoisotopic (exact) mass is 113 g/mol. The highest BCUT2D eigenvalue weighted by atomic mass is 16.4. The zero-order valence-electron chi connectivity index (χ0n) is 4.96. The van der Waals surface area contributed by atoms with E-state index in [1.807, 2.05) is 0 Å². The Morgan fingerprint density at radius 3 is 3.38 bits per heavy atom. The van der Waals surface area contributed by atoms with E-state index in [-0.39, 0.29) is 5.76 Å². The molecule has 0 fully saturated rings. The van der Waals surface area contributed by atoms with Crippen molar-refractivity contribution >= 4 is 5.97 Å². The second kappa shape index (κ2) is 1.69. The second-order valence-corrected chi connectivity index (χ2v) is 1.26. The molecule has 0 aliphatic carbocycles. The number of furan rings is 1. The molecule has 0 amide bonds. The molecule has 0 spiro atoms. The molecule has 1 aromatic heterocycles. The summed E-state index contributed by atoms with van der Waals surface area (Å²) in [5.74, 6) is -0.731. The van der Waals surface area contributed by atoms with Crippen LogP contribution in [-0.4, -0.2) is 11.1 Å². The van der Waals surface area contributed by atoms with Gasteiger partial charge >= 0.3 is 5.97 Å². The fourth-order valence-corrected chi connectivity index (χ4v) is 0.395. The van der Waals surface area contributed by atoms with E-state index >= 15 is 0 Å². The highest BCUT2D eigenvalue weighted by Gasteiger charge is 2.01. The first-order valence-electron chi connectivity index (χ1n) is 2.46. The zero-order chi connectivity index (χ0) is 6.69. The molecule has 0 saturated carbocycles. The maximum atomic E-state index is 10.4. The van der Waals surface area contributed by atoms with Gasteiger partial charge in [-0.25, -0.2) is 4.79 Å². The average molecular weight is 113 g/mol. The largest absolute Gasteiger partial charge is 0.475 e. The van der Waals surface area contributed by atoms with Gasteiger partial charge in [0, 0.05) is 0 Å². The van der Waals surface area contributed by atoms with Crippen LogP contribution in [0.1, 0.15) is 10.6 Å². The van der Waals surface area contributed by atoms with E-state index in [0.717, 1.165) is 0 Å². The van der Waals surface area contributed by atoms with E-state index in [9.17, 15) is 4.79 Å². The Bertz CT molecular complexity index is 192. The molecule has 0 aliphatic rings. The first kappa shape index (κ1) is 3.72. The van der Waals surface area contributed by atoms with Crippen molar-refractivity contribution in [2.75, 3.05) is 0 Å². The van der Waals surface area contributed by atoms with Crippen molar-refractivity contribution in [3.05, 3.63) is 24.2 Å². The smallest absolute Gasteiger partial charge is 0.371 e. The van der Waals surface area contributed by atoms with Gasteiger partial charge in [0.25, 0.3) is 1.43 Å². The summed E-state index contributed by atoms with van der Waals surface area (Å²) in [6.07, 6.45) is 1.34. The SMILES string of the molecule is [2H]OC(=O)c1ccco1. The number of carboxylic acid groups (broad SMARTS) is 1. The summed E-state index contributed by atoms with van der Waals surface area (Å²) in [5, 5.41) is 3.61. The molecule has 0 aromatic carbocycles. The Labute approximate surface area is 47.0 Å². The molecule has 0 atom stereocenters. The van der Waals surface area contributed by atoms with Crippen LogP contribution in [0.2, 0.25) is 0 Å². The summed E-state index contributed by atoms with van der Waals surface area (Å²) < 4.78 is 10.8. The van der Waals surface area contributed by atoms with Crippen molar-refractivity contribution in [1.82, 2.24) is 0 Å². The molecule has 0 saturated heterocycles. The van der Waals surface area contributed by atoms with Gasteiger partial charge in [-0.15, -0.1) is 0 Å². The van der Waals surface area contributed by atoms with Crippen LogP contribution in [0.3, 0.4) is 0 Å². The van der Waals surface area contributed by atoms with Gasteiger partial charge in [0.2, 0.25) is 5.76 Å². The third-order valence-corrected chi connectivity index (χ3v) is 0.722. The van der Waals surface area contributed by atoms with Gasteiger partial charge in [0.05, 0.1) is 6.26 Å². The van der Waals surface area contributed by atoms with Crippen LogP contribution in [0.4, 0.5) is 0 Å². The van der Waals surface area contributed by atoms with Crippen molar-refractivity contribution < 1.29 is 14.3 Å². The zero-order valence-corrected chi connectivity index (χ0v) is 3.96. The van der Waals surface area contributed by atoms with Gasteiger partial charge < -0.3 is 9.53 Å². The molecule has 1 heterocycles. The summed E-state index contributed by atoms with van der Waals surface area (Å²) in [5.41, 5.74) is 0.